The lowest BCUT2D eigenvalue weighted by atomic mass is 10.1. The van der Waals surface area contributed by atoms with E-state index in [-0.39, 0.29) is 23.8 Å². The predicted octanol–water partition coefficient (Wildman–Crippen LogP) is 3.23. The van der Waals surface area contributed by atoms with Gasteiger partial charge in [-0.1, -0.05) is 23.4 Å². The van der Waals surface area contributed by atoms with Gasteiger partial charge in [0.2, 0.25) is 5.91 Å². The quantitative estimate of drug-likeness (QED) is 0.710. The number of carbonyl (C=O) groups is 2. The van der Waals surface area contributed by atoms with Gasteiger partial charge in [0, 0.05) is 5.69 Å². The molecule has 28 heavy (non-hydrogen) atoms. The standard InChI is InChI=1S/C20H20FN5O2/c1-12-8-9-15(10-13(12)2)22-18(27)11-26-14(3)19(24-25-26)20(28)23-17-7-5-4-6-16(17)21/h4-10H,11H2,1-3H3,(H,22,27)(H,23,28). The van der Waals surface area contributed by atoms with E-state index in [9.17, 15) is 14.0 Å². The summed E-state index contributed by atoms with van der Waals surface area (Å²) >= 11 is 0. The first-order valence-electron chi connectivity index (χ1n) is 8.68. The highest BCUT2D eigenvalue weighted by atomic mass is 19.1. The van der Waals surface area contributed by atoms with Gasteiger partial charge in [0.1, 0.15) is 12.4 Å². The molecule has 1 aromatic heterocycles. The largest absolute Gasteiger partial charge is 0.324 e. The normalized spacial score (nSPS) is 10.6. The molecule has 3 rings (SSSR count). The first kappa shape index (κ1) is 19.2. The average Bonchev–Trinajstić information content (AvgIpc) is 3.00. The Hall–Kier alpha value is -3.55. The average molecular weight is 381 g/mol. The van der Waals surface area contributed by atoms with Crippen LogP contribution >= 0.6 is 0 Å². The van der Waals surface area contributed by atoms with Crippen molar-refractivity contribution in [2.24, 2.45) is 0 Å². The van der Waals surface area contributed by atoms with Crippen LogP contribution in [0.4, 0.5) is 15.8 Å². The van der Waals surface area contributed by atoms with E-state index >= 15 is 0 Å². The maximum absolute atomic E-state index is 13.7. The Morgan fingerprint density at radius 1 is 1.04 bits per heavy atom. The Morgan fingerprint density at radius 2 is 1.79 bits per heavy atom. The molecule has 144 valence electrons. The summed E-state index contributed by atoms with van der Waals surface area (Å²) in [5.41, 5.74) is 3.38. The highest BCUT2D eigenvalue weighted by molar-refractivity contribution is 6.03. The molecule has 0 aliphatic rings. The van der Waals surface area contributed by atoms with Gasteiger partial charge >= 0.3 is 0 Å². The number of aromatic nitrogens is 3. The molecule has 2 N–H and O–H groups in total. The number of amides is 2. The van der Waals surface area contributed by atoms with Crippen LogP contribution in [-0.4, -0.2) is 26.8 Å². The van der Waals surface area contributed by atoms with Crippen LogP contribution in [0.3, 0.4) is 0 Å². The summed E-state index contributed by atoms with van der Waals surface area (Å²) in [6.45, 7) is 5.49. The first-order chi connectivity index (χ1) is 13.3. The van der Waals surface area contributed by atoms with Crippen LogP contribution in [-0.2, 0) is 11.3 Å². The van der Waals surface area contributed by atoms with Gasteiger partial charge in [-0.25, -0.2) is 9.07 Å². The molecule has 0 spiro atoms. The van der Waals surface area contributed by atoms with Gasteiger partial charge in [0.05, 0.1) is 11.4 Å². The molecule has 8 heteroatoms. The third-order valence-corrected chi connectivity index (χ3v) is 4.40. The van der Waals surface area contributed by atoms with Gasteiger partial charge in [-0.3, -0.25) is 9.59 Å². The Labute approximate surface area is 161 Å². The van der Waals surface area contributed by atoms with Crippen molar-refractivity contribution >= 4 is 23.2 Å². The Kier molecular flexibility index (Phi) is 5.49. The molecule has 0 saturated carbocycles. The SMILES string of the molecule is Cc1ccc(NC(=O)Cn2nnc(C(=O)Nc3ccccc3F)c2C)cc1C. The number of para-hydroxylation sites is 1. The predicted molar refractivity (Wildman–Crippen MR) is 104 cm³/mol. The molecule has 0 aliphatic heterocycles. The van der Waals surface area contributed by atoms with E-state index in [0.29, 0.717) is 11.4 Å². The zero-order valence-corrected chi connectivity index (χ0v) is 15.8. The summed E-state index contributed by atoms with van der Waals surface area (Å²) in [7, 11) is 0. The fourth-order valence-electron chi connectivity index (χ4n) is 2.62. The first-order valence-corrected chi connectivity index (χ1v) is 8.68. The monoisotopic (exact) mass is 381 g/mol. The van der Waals surface area contributed by atoms with Gasteiger partial charge in [0.25, 0.3) is 5.91 Å². The van der Waals surface area contributed by atoms with Crippen LogP contribution in [0.25, 0.3) is 0 Å². The van der Waals surface area contributed by atoms with Crippen LogP contribution in [0.15, 0.2) is 42.5 Å². The second-order valence-corrected chi connectivity index (χ2v) is 6.46. The number of nitrogens with one attached hydrogen (secondary N) is 2. The number of rotatable bonds is 5. The number of anilines is 2. The van der Waals surface area contributed by atoms with E-state index in [1.54, 1.807) is 13.0 Å². The van der Waals surface area contributed by atoms with Gasteiger partial charge in [-0.2, -0.15) is 0 Å². The maximum atomic E-state index is 13.7. The number of nitrogens with zero attached hydrogens (tertiary/aromatic N) is 3. The zero-order chi connectivity index (χ0) is 20.3. The van der Waals surface area contributed by atoms with E-state index in [1.807, 2.05) is 32.0 Å². The summed E-state index contributed by atoms with van der Waals surface area (Å²) in [6.07, 6.45) is 0. The summed E-state index contributed by atoms with van der Waals surface area (Å²) in [6, 6.07) is 11.5. The molecule has 0 radical (unpaired) electrons. The minimum absolute atomic E-state index is 0.0298. The smallest absolute Gasteiger partial charge is 0.278 e. The molecule has 0 saturated heterocycles. The Balaban J connectivity index is 1.68. The van der Waals surface area contributed by atoms with E-state index in [0.717, 1.165) is 11.1 Å². The van der Waals surface area contributed by atoms with Crippen LogP contribution in [0, 0.1) is 26.6 Å². The number of hydrogen-bond donors (Lipinski definition) is 2. The molecular weight excluding hydrogens is 361 g/mol. The topological polar surface area (TPSA) is 88.9 Å². The molecule has 0 unspecified atom stereocenters. The van der Waals surface area contributed by atoms with Crippen molar-refractivity contribution in [2.75, 3.05) is 10.6 Å². The van der Waals surface area contributed by atoms with E-state index in [2.05, 4.69) is 20.9 Å². The highest BCUT2D eigenvalue weighted by Crippen LogP contribution is 2.16. The highest BCUT2D eigenvalue weighted by Gasteiger charge is 2.19. The van der Waals surface area contributed by atoms with Gasteiger partial charge in [0.15, 0.2) is 5.69 Å². The van der Waals surface area contributed by atoms with Crippen molar-refractivity contribution in [3.8, 4) is 0 Å². The van der Waals surface area contributed by atoms with Gasteiger partial charge < -0.3 is 10.6 Å². The third kappa shape index (κ3) is 4.22. The molecule has 3 aromatic rings. The number of carbonyl (C=O) groups excluding carboxylic acids is 2. The molecule has 2 aromatic carbocycles. The molecule has 0 atom stereocenters. The van der Waals surface area contributed by atoms with Crippen LogP contribution in [0.1, 0.15) is 27.3 Å². The van der Waals surface area contributed by atoms with Crippen molar-refractivity contribution in [2.45, 2.75) is 27.3 Å². The van der Waals surface area contributed by atoms with E-state index in [1.165, 1.54) is 22.9 Å². The Morgan fingerprint density at radius 3 is 2.50 bits per heavy atom. The van der Waals surface area contributed by atoms with Crippen molar-refractivity contribution in [1.82, 2.24) is 15.0 Å². The maximum Gasteiger partial charge on any atom is 0.278 e. The lowest BCUT2D eigenvalue weighted by molar-refractivity contribution is -0.117. The van der Waals surface area contributed by atoms with E-state index in [4.69, 9.17) is 0 Å². The van der Waals surface area contributed by atoms with Crippen LogP contribution in [0.2, 0.25) is 0 Å². The summed E-state index contributed by atoms with van der Waals surface area (Å²) in [4.78, 5) is 24.6. The van der Waals surface area contributed by atoms with Crippen molar-refractivity contribution in [3.63, 3.8) is 0 Å². The lowest BCUT2D eigenvalue weighted by Gasteiger charge is -2.08. The molecule has 7 nitrogen and oxygen atoms in total. The second kappa shape index (κ2) is 7.99. The molecule has 0 aliphatic carbocycles. The van der Waals surface area contributed by atoms with Crippen molar-refractivity contribution in [3.05, 3.63) is 70.8 Å². The number of hydrogen-bond acceptors (Lipinski definition) is 4. The molecular formula is C20H20FN5O2. The lowest BCUT2D eigenvalue weighted by Crippen LogP contribution is -2.21. The van der Waals surface area contributed by atoms with Crippen molar-refractivity contribution in [1.29, 1.82) is 0 Å². The van der Waals surface area contributed by atoms with Gasteiger partial charge in [-0.05, 0) is 56.2 Å². The molecule has 1 heterocycles. The second-order valence-electron chi connectivity index (χ2n) is 6.46. The Bertz CT molecular complexity index is 1040. The summed E-state index contributed by atoms with van der Waals surface area (Å²) in [5, 5.41) is 12.9. The minimum Gasteiger partial charge on any atom is -0.324 e. The summed E-state index contributed by atoms with van der Waals surface area (Å²) < 4.78 is 15.0. The van der Waals surface area contributed by atoms with E-state index < -0.39 is 11.7 Å². The third-order valence-electron chi connectivity index (χ3n) is 4.40. The van der Waals surface area contributed by atoms with Crippen LogP contribution in [0.5, 0.6) is 0 Å². The number of benzene rings is 2. The number of halogens is 1. The van der Waals surface area contributed by atoms with Crippen LogP contribution < -0.4 is 10.6 Å². The minimum atomic E-state index is -0.594. The molecule has 2 amide bonds. The fraction of sp³-hybridized carbons (Fsp3) is 0.200. The van der Waals surface area contributed by atoms with Gasteiger partial charge in [-0.15, -0.1) is 5.10 Å². The summed E-state index contributed by atoms with van der Waals surface area (Å²) in [5.74, 6) is -1.44. The molecule has 0 fully saturated rings. The zero-order valence-electron chi connectivity index (χ0n) is 15.8. The fourth-order valence-corrected chi connectivity index (χ4v) is 2.62. The molecule has 0 bridgehead atoms. The number of aryl methyl sites for hydroxylation is 2. The van der Waals surface area contributed by atoms with Crippen molar-refractivity contribution < 1.29 is 14.0 Å².